The normalized spacial score (nSPS) is 11.0. The van der Waals surface area contributed by atoms with Crippen LogP contribution in [0.1, 0.15) is 36.7 Å². The summed E-state index contributed by atoms with van der Waals surface area (Å²) in [4.78, 5) is 31.7. The van der Waals surface area contributed by atoms with E-state index in [-0.39, 0.29) is 10.9 Å². The SMILES string of the molecule is CCCCc1ccc(-c2cc(=O)c(-c3c(C)[nH]c(C)c(Br)c3=O)c[nH]2)cc1. The standard InChI is InChI=1S/C22H23BrN2O2/c1-4-5-6-15-7-9-16(10-8-15)18-11-19(26)17(12-24-18)20-13(2)25-14(3)21(23)22(20)27/h7-12H,4-6H2,1-3H3,(H,24,26)(H,25,27). The predicted octanol–water partition coefficient (Wildman–Crippen LogP) is 5.12. The lowest BCUT2D eigenvalue weighted by Gasteiger charge is -2.10. The molecule has 0 amide bonds. The number of hydrogen-bond donors (Lipinski definition) is 2. The zero-order valence-corrected chi connectivity index (χ0v) is 17.4. The Morgan fingerprint density at radius 2 is 1.74 bits per heavy atom. The maximum atomic E-state index is 12.7. The summed E-state index contributed by atoms with van der Waals surface area (Å²) < 4.78 is 0.453. The van der Waals surface area contributed by atoms with Crippen LogP contribution in [-0.2, 0) is 6.42 Å². The number of nitrogens with one attached hydrogen (secondary N) is 2. The van der Waals surface area contributed by atoms with E-state index in [0.29, 0.717) is 21.3 Å². The molecular formula is C22H23BrN2O2. The van der Waals surface area contributed by atoms with Gasteiger partial charge in [0.25, 0.3) is 0 Å². The van der Waals surface area contributed by atoms with E-state index in [2.05, 4.69) is 45.0 Å². The van der Waals surface area contributed by atoms with Gasteiger partial charge in [-0.25, -0.2) is 0 Å². The number of halogens is 1. The molecule has 3 rings (SSSR count). The Kier molecular flexibility index (Phi) is 5.80. The van der Waals surface area contributed by atoms with Crippen LogP contribution in [0.3, 0.4) is 0 Å². The number of pyridine rings is 2. The zero-order chi connectivity index (χ0) is 19.6. The molecule has 140 valence electrons. The van der Waals surface area contributed by atoms with Crippen molar-refractivity contribution in [2.45, 2.75) is 40.0 Å². The molecule has 0 radical (unpaired) electrons. The van der Waals surface area contributed by atoms with Gasteiger partial charge in [0.15, 0.2) is 5.43 Å². The second-order valence-electron chi connectivity index (χ2n) is 6.82. The van der Waals surface area contributed by atoms with E-state index in [1.165, 1.54) is 18.4 Å². The number of hydrogen-bond acceptors (Lipinski definition) is 2. The van der Waals surface area contributed by atoms with Crippen molar-refractivity contribution in [2.24, 2.45) is 0 Å². The van der Waals surface area contributed by atoms with E-state index < -0.39 is 0 Å². The highest BCUT2D eigenvalue weighted by Gasteiger charge is 2.16. The average Bonchev–Trinajstić information content (AvgIpc) is 2.66. The number of unbranched alkanes of at least 4 members (excludes halogenated alkanes) is 1. The molecule has 0 saturated heterocycles. The summed E-state index contributed by atoms with van der Waals surface area (Å²) in [5.41, 5.74) is 4.84. The van der Waals surface area contributed by atoms with Crippen LogP contribution in [0, 0.1) is 13.8 Å². The first kappa shape index (κ1) is 19.4. The number of rotatable bonds is 5. The third-order valence-electron chi connectivity index (χ3n) is 4.77. The molecular weight excluding hydrogens is 404 g/mol. The Labute approximate surface area is 166 Å². The van der Waals surface area contributed by atoms with Crippen molar-refractivity contribution >= 4 is 15.9 Å². The van der Waals surface area contributed by atoms with Crippen molar-refractivity contribution in [1.82, 2.24) is 9.97 Å². The number of benzene rings is 1. The van der Waals surface area contributed by atoms with Crippen molar-refractivity contribution in [2.75, 3.05) is 0 Å². The monoisotopic (exact) mass is 426 g/mol. The lowest BCUT2D eigenvalue weighted by molar-refractivity contribution is 0.795. The van der Waals surface area contributed by atoms with E-state index in [1.54, 1.807) is 19.2 Å². The fourth-order valence-corrected chi connectivity index (χ4v) is 3.54. The topological polar surface area (TPSA) is 65.7 Å². The molecule has 2 heterocycles. The molecule has 0 aliphatic rings. The first-order valence-electron chi connectivity index (χ1n) is 9.13. The molecule has 0 atom stereocenters. The van der Waals surface area contributed by atoms with E-state index in [4.69, 9.17) is 0 Å². The van der Waals surface area contributed by atoms with Crippen LogP contribution in [-0.4, -0.2) is 9.97 Å². The molecule has 4 nitrogen and oxygen atoms in total. The van der Waals surface area contributed by atoms with E-state index >= 15 is 0 Å². The lowest BCUT2D eigenvalue weighted by Crippen LogP contribution is -2.17. The molecule has 2 aromatic heterocycles. The summed E-state index contributed by atoms with van der Waals surface area (Å²) in [6.07, 6.45) is 5.04. The molecule has 0 aliphatic carbocycles. The molecule has 0 fully saturated rings. The van der Waals surface area contributed by atoms with Gasteiger partial charge in [0.1, 0.15) is 0 Å². The predicted molar refractivity (Wildman–Crippen MR) is 114 cm³/mol. The summed E-state index contributed by atoms with van der Waals surface area (Å²) in [5.74, 6) is 0. The highest BCUT2D eigenvalue weighted by molar-refractivity contribution is 9.10. The van der Waals surface area contributed by atoms with Crippen LogP contribution < -0.4 is 10.9 Å². The summed E-state index contributed by atoms with van der Waals surface area (Å²) in [7, 11) is 0. The third-order valence-corrected chi connectivity index (χ3v) is 5.73. The second-order valence-corrected chi connectivity index (χ2v) is 7.61. The van der Waals surface area contributed by atoms with Gasteiger partial charge in [0.2, 0.25) is 5.43 Å². The molecule has 3 aromatic rings. The van der Waals surface area contributed by atoms with Crippen LogP contribution in [0.4, 0.5) is 0 Å². The molecule has 0 saturated carbocycles. The van der Waals surface area contributed by atoms with E-state index in [9.17, 15) is 9.59 Å². The molecule has 0 spiro atoms. The minimum absolute atomic E-state index is 0.178. The quantitative estimate of drug-likeness (QED) is 0.594. The van der Waals surface area contributed by atoms with Crippen molar-refractivity contribution in [3.05, 3.63) is 78.4 Å². The van der Waals surface area contributed by atoms with Crippen molar-refractivity contribution in [3.63, 3.8) is 0 Å². The first-order valence-corrected chi connectivity index (χ1v) is 9.93. The molecule has 1 aromatic carbocycles. The van der Waals surface area contributed by atoms with Crippen molar-refractivity contribution < 1.29 is 0 Å². The summed E-state index contributed by atoms with van der Waals surface area (Å²) in [5, 5.41) is 0. The molecule has 0 bridgehead atoms. The second kappa shape index (κ2) is 8.09. The fourth-order valence-electron chi connectivity index (χ4n) is 3.24. The van der Waals surface area contributed by atoms with Gasteiger partial charge in [0, 0.05) is 29.3 Å². The number of aryl methyl sites for hydroxylation is 3. The summed E-state index contributed by atoms with van der Waals surface area (Å²) in [6, 6.07) is 9.81. The van der Waals surface area contributed by atoms with Gasteiger partial charge >= 0.3 is 0 Å². The van der Waals surface area contributed by atoms with Crippen LogP contribution in [0.2, 0.25) is 0 Å². The maximum Gasteiger partial charge on any atom is 0.204 e. The largest absolute Gasteiger partial charge is 0.361 e. The van der Waals surface area contributed by atoms with Crippen molar-refractivity contribution in [3.8, 4) is 22.4 Å². The van der Waals surface area contributed by atoms with Crippen molar-refractivity contribution in [1.29, 1.82) is 0 Å². The van der Waals surface area contributed by atoms with Gasteiger partial charge in [-0.3, -0.25) is 9.59 Å². The Morgan fingerprint density at radius 3 is 2.37 bits per heavy atom. The summed E-state index contributed by atoms with van der Waals surface area (Å²) in [6.45, 7) is 5.80. The van der Waals surface area contributed by atoms with Gasteiger partial charge in [0.05, 0.1) is 15.6 Å². The minimum atomic E-state index is -0.178. The summed E-state index contributed by atoms with van der Waals surface area (Å²) >= 11 is 3.31. The minimum Gasteiger partial charge on any atom is -0.361 e. The first-order chi connectivity index (χ1) is 12.9. The Hall–Kier alpha value is -2.40. The Morgan fingerprint density at radius 1 is 1.04 bits per heavy atom. The van der Waals surface area contributed by atoms with Gasteiger partial charge < -0.3 is 9.97 Å². The van der Waals surface area contributed by atoms with Gasteiger partial charge in [-0.15, -0.1) is 0 Å². The van der Waals surface area contributed by atoms with Gasteiger partial charge in [-0.2, -0.15) is 0 Å². The van der Waals surface area contributed by atoms with Crippen LogP contribution >= 0.6 is 15.9 Å². The molecule has 27 heavy (non-hydrogen) atoms. The maximum absolute atomic E-state index is 12.7. The number of aromatic amines is 2. The van der Waals surface area contributed by atoms with Crippen LogP contribution in [0.25, 0.3) is 22.4 Å². The van der Waals surface area contributed by atoms with Gasteiger partial charge in [-0.1, -0.05) is 37.6 Å². The van der Waals surface area contributed by atoms with E-state index in [0.717, 1.165) is 23.4 Å². The highest BCUT2D eigenvalue weighted by Crippen LogP contribution is 2.22. The van der Waals surface area contributed by atoms with Gasteiger partial charge in [-0.05, 0) is 53.7 Å². The number of H-pyrrole nitrogens is 2. The highest BCUT2D eigenvalue weighted by atomic mass is 79.9. The van der Waals surface area contributed by atoms with Crippen LogP contribution in [0.5, 0.6) is 0 Å². The fraction of sp³-hybridized carbons (Fsp3) is 0.273. The van der Waals surface area contributed by atoms with Crippen LogP contribution in [0.15, 0.2) is 50.6 Å². The zero-order valence-electron chi connectivity index (χ0n) is 15.8. The molecule has 2 N–H and O–H groups in total. The molecule has 0 unspecified atom stereocenters. The Balaban J connectivity index is 1.99. The smallest absolute Gasteiger partial charge is 0.204 e. The Bertz CT molecular complexity index is 1080. The number of aromatic nitrogens is 2. The molecule has 0 aliphatic heterocycles. The average molecular weight is 427 g/mol. The van der Waals surface area contributed by atoms with E-state index in [1.807, 2.05) is 19.1 Å². The molecule has 5 heteroatoms. The third kappa shape index (κ3) is 3.98. The lowest BCUT2D eigenvalue weighted by atomic mass is 10.0.